The summed E-state index contributed by atoms with van der Waals surface area (Å²) in [6.07, 6.45) is 2.48. The van der Waals surface area contributed by atoms with Crippen molar-refractivity contribution in [3.63, 3.8) is 0 Å². The number of Topliss-reactive ketones (excluding diaryl/α,β-unsaturated/α-hetero) is 1. The summed E-state index contributed by atoms with van der Waals surface area (Å²) in [5.74, 6) is 1.03. The second-order valence-corrected chi connectivity index (χ2v) is 5.27. The molecule has 1 aliphatic carbocycles. The summed E-state index contributed by atoms with van der Waals surface area (Å²) in [5, 5.41) is 0.882. The largest absolute Gasteiger partial charge is 0.496 e. The molecule has 0 fully saturated rings. The van der Waals surface area contributed by atoms with Gasteiger partial charge >= 0.3 is 0 Å². The fourth-order valence-electron chi connectivity index (χ4n) is 2.21. The van der Waals surface area contributed by atoms with Crippen LogP contribution in [0.2, 0.25) is 0 Å². The molecule has 1 aromatic heterocycles. The average molecular weight is 259 g/mol. The van der Waals surface area contributed by atoms with Crippen molar-refractivity contribution in [1.82, 2.24) is 4.98 Å². The zero-order chi connectivity index (χ0) is 12.5. The lowest BCUT2D eigenvalue weighted by molar-refractivity contribution is 0.0976. The van der Waals surface area contributed by atoms with Crippen LogP contribution in [-0.4, -0.2) is 17.9 Å². The first kappa shape index (κ1) is 11.4. The highest BCUT2D eigenvalue weighted by Gasteiger charge is 2.23. The van der Waals surface area contributed by atoms with Gasteiger partial charge in [-0.15, -0.1) is 11.3 Å². The number of carbonyl (C=O) groups is 1. The predicted molar refractivity (Wildman–Crippen MR) is 71.4 cm³/mol. The van der Waals surface area contributed by atoms with Crippen LogP contribution in [0.15, 0.2) is 24.3 Å². The first-order chi connectivity index (χ1) is 8.79. The fourth-order valence-corrected chi connectivity index (χ4v) is 3.31. The topological polar surface area (TPSA) is 39.2 Å². The third-order valence-corrected chi connectivity index (χ3v) is 4.28. The molecule has 1 heterocycles. The molecule has 4 heteroatoms. The maximum atomic E-state index is 11.8. The van der Waals surface area contributed by atoms with Crippen molar-refractivity contribution >= 4 is 17.1 Å². The lowest BCUT2D eigenvalue weighted by Gasteiger charge is -2.06. The summed E-state index contributed by atoms with van der Waals surface area (Å²) in [6.45, 7) is 0. The number of ketones is 1. The zero-order valence-electron chi connectivity index (χ0n) is 10.1. The Labute approximate surface area is 109 Å². The Hall–Kier alpha value is -1.68. The van der Waals surface area contributed by atoms with Gasteiger partial charge in [-0.25, -0.2) is 4.98 Å². The van der Waals surface area contributed by atoms with Crippen LogP contribution in [0, 0.1) is 0 Å². The molecule has 1 aliphatic rings. The molecule has 2 aromatic rings. The number of para-hydroxylation sites is 1. The van der Waals surface area contributed by atoms with Crippen molar-refractivity contribution < 1.29 is 9.53 Å². The van der Waals surface area contributed by atoms with E-state index in [1.807, 2.05) is 24.3 Å². The number of hydrogen-bond acceptors (Lipinski definition) is 4. The molecule has 0 bridgehead atoms. The third kappa shape index (κ3) is 1.82. The number of benzene rings is 1. The van der Waals surface area contributed by atoms with Crippen LogP contribution in [0.3, 0.4) is 0 Å². The molecule has 0 amide bonds. The molecule has 3 nitrogen and oxygen atoms in total. The van der Waals surface area contributed by atoms with Gasteiger partial charge in [-0.3, -0.25) is 4.79 Å². The van der Waals surface area contributed by atoms with E-state index >= 15 is 0 Å². The number of thiazole rings is 1. The van der Waals surface area contributed by atoms with E-state index in [1.165, 1.54) is 11.3 Å². The second kappa shape index (κ2) is 4.53. The van der Waals surface area contributed by atoms with Crippen LogP contribution in [-0.2, 0) is 6.42 Å². The summed E-state index contributed by atoms with van der Waals surface area (Å²) >= 11 is 1.49. The first-order valence-electron chi connectivity index (χ1n) is 5.96. The SMILES string of the molecule is COc1ccccc1-c1nc2c(s1)C(=O)CCC2. The Balaban J connectivity index is 2.10. The Bertz CT molecular complexity index is 604. The third-order valence-electron chi connectivity index (χ3n) is 3.11. The second-order valence-electron chi connectivity index (χ2n) is 4.27. The first-order valence-corrected chi connectivity index (χ1v) is 6.77. The van der Waals surface area contributed by atoms with E-state index < -0.39 is 0 Å². The van der Waals surface area contributed by atoms with E-state index in [-0.39, 0.29) is 5.78 Å². The zero-order valence-corrected chi connectivity index (χ0v) is 10.9. The molecule has 92 valence electrons. The van der Waals surface area contributed by atoms with Crippen molar-refractivity contribution in [1.29, 1.82) is 0 Å². The van der Waals surface area contributed by atoms with Crippen molar-refractivity contribution in [2.45, 2.75) is 19.3 Å². The molecule has 18 heavy (non-hydrogen) atoms. The number of methoxy groups -OCH3 is 1. The van der Waals surface area contributed by atoms with Gasteiger partial charge in [-0.05, 0) is 25.0 Å². The monoisotopic (exact) mass is 259 g/mol. The van der Waals surface area contributed by atoms with Crippen molar-refractivity contribution in [2.24, 2.45) is 0 Å². The summed E-state index contributed by atoms with van der Waals surface area (Å²) in [4.78, 5) is 17.3. The van der Waals surface area contributed by atoms with E-state index in [0.29, 0.717) is 6.42 Å². The van der Waals surface area contributed by atoms with E-state index in [9.17, 15) is 4.79 Å². The van der Waals surface area contributed by atoms with Gasteiger partial charge in [0.2, 0.25) is 0 Å². The fraction of sp³-hybridized carbons (Fsp3) is 0.286. The Morgan fingerprint density at radius 3 is 2.89 bits per heavy atom. The van der Waals surface area contributed by atoms with Crippen molar-refractivity contribution in [3.05, 3.63) is 34.8 Å². The number of ether oxygens (including phenoxy) is 1. The molecular weight excluding hydrogens is 246 g/mol. The molecular formula is C14H13NO2S. The number of aromatic nitrogens is 1. The molecule has 0 aliphatic heterocycles. The Morgan fingerprint density at radius 1 is 1.28 bits per heavy atom. The van der Waals surface area contributed by atoms with Gasteiger partial charge in [0, 0.05) is 6.42 Å². The van der Waals surface area contributed by atoms with Crippen molar-refractivity contribution in [2.75, 3.05) is 7.11 Å². The normalized spacial score (nSPS) is 14.4. The summed E-state index contributed by atoms with van der Waals surface area (Å²) < 4.78 is 5.34. The van der Waals surface area contributed by atoms with Gasteiger partial charge in [0.05, 0.1) is 23.2 Å². The van der Waals surface area contributed by atoms with E-state index in [4.69, 9.17) is 4.74 Å². The molecule has 0 saturated heterocycles. The van der Waals surface area contributed by atoms with Crippen LogP contribution in [0.5, 0.6) is 5.75 Å². The van der Waals surface area contributed by atoms with Crippen molar-refractivity contribution in [3.8, 4) is 16.3 Å². The molecule has 0 saturated carbocycles. The number of hydrogen-bond donors (Lipinski definition) is 0. The number of aryl methyl sites for hydroxylation is 1. The Kier molecular flexibility index (Phi) is 2.88. The van der Waals surface area contributed by atoms with Crippen LogP contribution in [0.1, 0.15) is 28.2 Å². The number of carbonyl (C=O) groups excluding carboxylic acids is 1. The quantitative estimate of drug-likeness (QED) is 0.830. The summed E-state index contributed by atoms with van der Waals surface area (Å²) in [7, 11) is 1.65. The summed E-state index contributed by atoms with van der Waals surface area (Å²) in [6, 6.07) is 7.78. The number of fused-ring (bicyclic) bond motifs is 1. The van der Waals surface area contributed by atoms with Crippen LogP contribution in [0.4, 0.5) is 0 Å². The van der Waals surface area contributed by atoms with Gasteiger partial charge in [0.1, 0.15) is 10.8 Å². The standard InChI is InChI=1S/C14H13NO2S/c1-17-12-8-3-2-5-9(12)14-15-10-6-4-7-11(16)13(10)18-14/h2-3,5,8H,4,6-7H2,1H3. The lowest BCUT2D eigenvalue weighted by atomic mass is 10.0. The lowest BCUT2D eigenvalue weighted by Crippen LogP contribution is -2.07. The van der Waals surface area contributed by atoms with Crippen LogP contribution < -0.4 is 4.74 Å². The number of rotatable bonds is 2. The molecule has 0 unspecified atom stereocenters. The minimum atomic E-state index is 0.231. The molecule has 0 radical (unpaired) electrons. The smallest absolute Gasteiger partial charge is 0.174 e. The minimum Gasteiger partial charge on any atom is -0.496 e. The maximum absolute atomic E-state index is 11.8. The highest BCUT2D eigenvalue weighted by atomic mass is 32.1. The van der Waals surface area contributed by atoms with Crippen LogP contribution >= 0.6 is 11.3 Å². The van der Waals surface area contributed by atoms with Gasteiger partial charge < -0.3 is 4.74 Å². The van der Waals surface area contributed by atoms with Gasteiger partial charge in [-0.1, -0.05) is 12.1 Å². The van der Waals surface area contributed by atoms with Gasteiger partial charge in [0.25, 0.3) is 0 Å². The summed E-state index contributed by atoms with van der Waals surface area (Å²) in [5.41, 5.74) is 1.92. The van der Waals surface area contributed by atoms with Crippen LogP contribution in [0.25, 0.3) is 10.6 Å². The van der Waals surface area contributed by atoms with E-state index in [0.717, 1.165) is 39.7 Å². The van der Waals surface area contributed by atoms with Gasteiger partial charge in [-0.2, -0.15) is 0 Å². The minimum absolute atomic E-state index is 0.231. The average Bonchev–Trinajstić information content (AvgIpc) is 2.84. The molecule has 0 N–H and O–H groups in total. The molecule has 1 aromatic carbocycles. The molecule has 3 rings (SSSR count). The maximum Gasteiger partial charge on any atom is 0.174 e. The highest BCUT2D eigenvalue weighted by Crippen LogP contribution is 2.36. The Morgan fingerprint density at radius 2 is 2.11 bits per heavy atom. The van der Waals surface area contributed by atoms with Gasteiger partial charge in [0.15, 0.2) is 5.78 Å². The molecule has 0 atom stereocenters. The van der Waals surface area contributed by atoms with E-state index in [2.05, 4.69) is 4.98 Å². The highest BCUT2D eigenvalue weighted by molar-refractivity contribution is 7.17. The number of nitrogens with zero attached hydrogens (tertiary/aromatic N) is 1. The predicted octanol–water partition coefficient (Wildman–Crippen LogP) is 3.34. The molecule has 0 spiro atoms. The van der Waals surface area contributed by atoms with E-state index in [1.54, 1.807) is 7.11 Å².